The number of hydrogen-bond acceptors (Lipinski definition) is 8. The van der Waals surface area contributed by atoms with Gasteiger partial charge in [0.1, 0.15) is 0 Å². The second kappa shape index (κ2) is 8.31. The summed E-state index contributed by atoms with van der Waals surface area (Å²) in [6.45, 7) is 4.25. The Morgan fingerprint density at radius 1 is 1.03 bits per heavy atom. The minimum absolute atomic E-state index is 0. The van der Waals surface area contributed by atoms with E-state index in [-0.39, 0.29) is 25.2 Å². The van der Waals surface area contributed by atoms with Crippen LogP contribution in [-0.4, -0.2) is 43.0 Å². The number of rotatable bonds is 3. The highest BCUT2D eigenvalue weighted by atomic mass is 35.5. The average Bonchev–Trinajstić information content (AvgIpc) is 3.40. The lowest BCUT2D eigenvalue weighted by Gasteiger charge is -2.38. The summed E-state index contributed by atoms with van der Waals surface area (Å²) in [4.78, 5) is 13.6. The number of anilines is 2. The van der Waals surface area contributed by atoms with Gasteiger partial charge in [0.05, 0.1) is 0 Å². The van der Waals surface area contributed by atoms with Crippen LogP contribution in [0.1, 0.15) is 18.4 Å². The Hall–Kier alpha value is -3.13. The highest BCUT2D eigenvalue weighted by Gasteiger charge is 2.32. The summed E-state index contributed by atoms with van der Waals surface area (Å²) in [6, 6.07) is 14.1. The van der Waals surface area contributed by atoms with E-state index in [1.807, 2.05) is 18.2 Å². The highest BCUT2D eigenvalue weighted by Crippen LogP contribution is 2.35. The second-order valence-corrected chi connectivity index (χ2v) is 7.38. The van der Waals surface area contributed by atoms with E-state index in [2.05, 4.69) is 56.3 Å². The Kier molecular flexibility index (Phi) is 5.59. The first-order valence-electron chi connectivity index (χ1n) is 9.86. The van der Waals surface area contributed by atoms with Crippen molar-refractivity contribution in [2.45, 2.75) is 26.1 Å². The van der Waals surface area contributed by atoms with Crippen LogP contribution in [0.15, 0.2) is 52.4 Å². The summed E-state index contributed by atoms with van der Waals surface area (Å²) >= 11 is 0. The van der Waals surface area contributed by atoms with Crippen LogP contribution in [0.3, 0.4) is 0 Å². The van der Waals surface area contributed by atoms with Gasteiger partial charge in [-0.2, -0.15) is 4.99 Å². The lowest BCUT2D eigenvalue weighted by atomic mass is 10.2. The molecule has 0 aromatic heterocycles. The Bertz CT molecular complexity index is 972. The van der Waals surface area contributed by atoms with E-state index < -0.39 is 6.29 Å². The third-order valence-corrected chi connectivity index (χ3v) is 5.30. The Balaban J connectivity index is 0.00000218. The van der Waals surface area contributed by atoms with Crippen LogP contribution in [0.4, 0.5) is 11.4 Å². The van der Waals surface area contributed by atoms with Crippen LogP contribution in [0.5, 0.6) is 11.5 Å². The van der Waals surface area contributed by atoms with Crippen molar-refractivity contribution in [1.82, 2.24) is 4.90 Å². The fourth-order valence-electron chi connectivity index (χ4n) is 3.81. The summed E-state index contributed by atoms with van der Waals surface area (Å²) in [6.07, 6.45) is 1.88. The molecule has 1 atom stereocenters. The van der Waals surface area contributed by atoms with Crippen LogP contribution in [0.2, 0.25) is 0 Å². The van der Waals surface area contributed by atoms with Crippen LogP contribution in [-0.2, 0) is 0 Å². The molecular formula is C21H25ClN6O2. The predicted octanol–water partition coefficient (Wildman–Crippen LogP) is 3.13. The van der Waals surface area contributed by atoms with Crippen molar-refractivity contribution in [2.24, 2.45) is 15.7 Å². The number of aliphatic imine (C=N–C) groups is 2. The van der Waals surface area contributed by atoms with Crippen LogP contribution in [0.25, 0.3) is 0 Å². The van der Waals surface area contributed by atoms with Crippen molar-refractivity contribution in [3.63, 3.8) is 0 Å². The zero-order valence-corrected chi connectivity index (χ0v) is 17.6. The molecule has 2 aromatic carbocycles. The number of aryl methyl sites for hydroxylation is 1. The van der Waals surface area contributed by atoms with E-state index in [9.17, 15) is 0 Å². The summed E-state index contributed by atoms with van der Waals surface area (Å²) in [5, 5.41) is 3.47. The van der Waals surface area contributed by atoms with Crippen molar-refractivity contribution in [2.75, 3.05) is 30.1 Å². The molecule has 3 N–H and O–H groups in total. The molecule has 0 spiro atoms. The molecule has 1 fully saturated rings. The zero-order chi connectivity index (χ0) is 19.8. The number of ether oxygens (including phenoxy) is 2. The fraction of sp³-hybridized carbons (Fsp3) is 0.333. The number of halogens is 1. The summed E-state index contributed by atoms with van der Waals surface area (Å²) < 4.78 is 10.9. The number of nitrogens with zero attached hydrogens (tertiary/aromatic N) is 4. The van der Waals surface area contributed by atoms with Crippen molar-refractivity contribution in [1.29, 1.82) is 0 Å². The smallest absolute Gasteiger partial charge is 0.231 e. The summed E-state index contributed by atoms with van der Waals surface area (Å²) in [5.41, 5.74) is 9.20. The maximum Gasteiger partial charge on any atom is 0.231 e. The third-order valence-electron chi connectivity index (χ3n) is 5.30. The molecule has 0 bridgehead atoms. The van der Waals surface area contributed by atoms with Crippen molar-refractivity contribution >= 4 is 35.7 Å². The van der Waals surface area contributed by atoms with Gasteiger partial charge < -0.3 is 25.4 Å². The quantitative estimate of drug-likeness (QED) is 0.780. The number of likely N-dealkylation sites (tertiary alicyclic amines) is 1. The standard InChI is InChI=1S/C21H24N6O2.ClH/c1-14-4-7-16(8-5-14)27-20(23-15-6-9-17-18(12-15)29-13-28-17)24-19(22)25-21(27)26-10-2-3-11-26;/h4-9,12,20,23H,2-3,10-11,13H2,1H3,(H2,22,24);1H. The van der Waals surface area contributed by atoms with E-state index in [1.54, 1.807) is 0 Å². The molecule has 3 aliphatic heterocycles. The van der Waals surface area contributed by atoms with E-state index in [1.165, 1.54) is 5.56 Å². The topological polar surface area (TPSA) is 87.7 Å². The number of nitrogens with one attached hydrogen (secondary N) is 1. The van der Waals surface area contributed by atoms with Gasteiger partial charge in [0.25, 0.3) is 0 Å². The lowest BCUT2D eigenvalue weighted by Crippen LogP contribution is -2.54. The summed E-state index contributed by atoms with van der Waals surface area (Å²) in [7, 11) is 0. The van der Waals surface area contributed by atoms with E-state index in [4.69, 9.17) is 15.2 Å². The van der Waals surface area contributed by atoms with Crippen molar-refractivity contribution < 1.29 is 9.47 Å². The number of fused-ring (bicyclic) bond motifs is 1. The first-order chi connectivity index (χ1) is 14.2. The van der Waals surface area contributed by atoms with Gasteiger partial charge in [0.15, 0.2) is 11.5 Å². The molecule has 30 heavy (non-hydrogen) atoms. The van der Waals surface area contributed by atoms with Gasteiger partial charge in [-0.3, -0.25) is 4.90 Å². The van der Waals surface area contributed by atoms with Crippen LogP contribution in [0, 0.1) is 6.92 Å². The zero-order valence-electron chi connectivity index (χ0n) is 16.7. The first-order valence-corrected chi connectivity index (χ1v) is 9.86. The molecule has 9 heteroatoms. The molecule has 2 aromatic rings. The third kappa shape index (κ3) is 3.82. The SMILES string of the molecule is Cc1ccc(N2C(N3CCCC3)=NC(N)=NC2Nc2ccc3c(c2)OCO3)cc1.Cl. The van der Waals surface area contributed by atoms with Gasteiger partial charge in [-0.05, 0) is 44.0 Å². The van der Waals surface area contributed by atoms with Gasteiger partial charge in [0, 0.05) is 30.5 Å². The molecule has 8 nitrogen and oxygen atoms in total. The van der Waals surface area contributed by atoms with Gasteiger partial charge in [-0.15, -0.1) is 12.4 Å². The van der Waals surface area contributed by atoms with Gasteiger partial charge >= 0.3 is 0 Å². The predicted molar refractivity (Wildman–Crippen MR) is 121 cm³/mol. The molecule has 0 aliphatic carbocycles. The molecule has 0 saturated carbocycles. The van der Waals surface area contributed by atoms with E-state index in [0.717, 1.165) is 54.8 Å². The molecule has 1 unspecified atom stereocenters. The molecular weight excluding hydrogens is 404 g/mol. The highest BCUT2D eigenvalue weighted by molar-refractivity contribution is 6.06. The largest absolute Gasteiger partial charge is 0.454 e. The van der Waals surface area contributed by atoms with Gasteiger partial charge in [-0.1, -0.05) is 17.7 Å². The first kappa shape index (κ1) is 20.2. The molecule has 3 aliphatic rings. The fourth-order valence-corrected chi connectivity index (χ4v) is 3.81. The van der Waals surface area contributed by atoms with Crippen LogP contribution >= 0.6 is 12.4 Å². The van der Waals surface area contributed by atoms with Gasteiger partial charge in [-0.25, -0.2) is 4.99 Å². The number of benzene rings is 2. The van der Waals surface area contributed by atoms with E-state index >= 15 is 0 Å². The minimum atomic E-state index is -0.425. The monoisotopic (exact) mass is 428 g/mol. The van der Waals surface area contributed by atoms with E-state index in [0.29, 0.717) is 0 Å². The minimum Gasteiger partial charge on any atom is -0.454 e. The summed E-state index contributed by atoms with van der Waals surface area (Å²) in [5.74, 6) is 2.57. The average molecular weight is 429 g/mol. The van der Waals surface area contributed by atoms with Crippen molar-refractivity contribution in [3.05, 3.63) is 48.0 Å². The normalized spacial score (nSPS) is 19.8. The Morgan fingerprint density at radius 2 is 1.77 bits per heavy atom. The maximum atomic E-state index is 6.12. The number of nitrogens with two attached hydrogens (primary N) is 1. The maximum absolute atomic E-state index is 6.12. The van der Waals surface area contributed by atoms with Gasteiger partial charge in [0.2, 0.25) is 25.0 Å². The second-order valence-electron chi connectivity index (χ2n) is 7.38. The number of hydrogen-bond donors (Lipinski definition) is 2. The molecule has 158 valence electrons. The molecule has 0 amide bonds. The molecule has 5 rings (SSSR count). The lowest BCUT2D eigenvalue weighted by molar-refractivity contribution is 0.174. The molecule has 3 heterocycles. The Labute approximate surface area is 181 Å². The molecule has 0 radical (unpaired) electrons. The van der Waals surface area contributed by atoms with Crippen molar-refractivity contribution in [3.8, 4) is 11.5 Å². The number of guanidine groups is 2. The molecule has 1 saturated heterocycles. The van der Waals surface area contributed by atoms with Crippen LogP contribution < -0.4 is 25.4 Å². The Morgan fingerprint density at radius 3 is 2.53 bits per heavy atom.